The summed E-state index contributed by atoms with van der Waals surface area (Å²) in [5.41, 5.74) is 0. The number of carbonyl (C=O) groups is 1. The number of hydrogen-bond donors (Lipinski definition) is 1. The van der Waals surface area contributed by atoms with Crippen molar-refractivity contribution in [2.75, 3.05) is 7.05 Å². The van der Waals surface area contributed by atoms with Gasteiger partial charge in [-0.2, -0.15) is 0 Å². The van der Waals surface area contributed by atoms with Crippen molar-refractivity contribution in [3.63, 3.8) is 0 Å². The Kier molecular flexibility index (Phi) is 4.59. The molecule has 0 aromatic rings. The standard InChI is InChI=1S/C12H23NO/c1-9(2)12(14)11(13-3)10-7-5-4-6-8-10/h9-11,13H,4-8H2,1-3H3. The predicted octanol–water partition coefficient (Wildman–Crippen LogP) is 2.38. The van der Waals surface area contributed by atoms with E-state index >= 15 is 0 Å². The molecule has 2 nitrogen and oxygen atoms in total. The summed E-state index contributed by atoms with van der Waals surface area (Å²) >= 11 is 0. The lowest BCUT2D eigenvalue weighted by atomic mass is 9.80. The van der Waals surface area contributed by atoms with Crippen molar-refractivity contribution in [1.29, 1.82) is 0 Å². The van der Waals surface area contributed by atoms with Crippen molar-refractivity contribution in [1.82, 2.24) is 5.32 Å². The van der Waals surface area contributed by atoms with Gasteiger partial charge in [0.25, 0.3) is 0 Å². The zero-order valence-corrected chi connectivity index (χ0v) is 9.68. The van der Waals surface area contributed by atoms with Crippen molar-refractivity contribution < 1.29 is 4.79 Å². The largest absolute Gasteiger partial charge is 0.310 e. The van der Waals surface area contributed by atoms with Gasteiger partial charge in [0.15, 0.2) is 5.78 Å². The van der Waals surface area contributed by atoms with Gasteiger partial charge in [0.1, 0.15) is 0 Å². The minimum Gasteiger partial charge on any atom is -0.310 e. The zero-order valence-electron chi connectivity index (χ0n) is 9.68. The maximum absolute atomic E-state index is 11.9. The highest BCUT2D eigenvalue weighted by molar-refractivity contribution is 5.86. The molecule has 0 aromatic heterocycles. The van der Waals surface area contributed by atoms with Crippen molar-refractivity contribution >= 4 is 5.78 Å². The molecular formula is C12H23NO. The SMILES string of the molecule is CNC(C(=O)C(C)C)C1CCCCC1. The second-order valence-electron chi connectivity index (χ2n) is 4.72. The van der Waals surface area contributed by atoms with Crippen LogP contribution in [0, 0.1) is 11.8 Å². The van der Waals surface area contributed by atoms with Crippen LogP contribution in [0.5, 0.6) is 0 Å². The molecule has 0 heterocycles. The van der Waals surface area contributed by atoms with Crippen LogP contribution in [0.1, 0.15) is 46.0 Å². The van der Waals surface area contributed by atoms with Gasteiger partial charge in [-0.1, -0.05) is 33.1 Å². The van der Waals surface area contributed by atoms with Gasteiger partial charge in [0, 0.05) is 5.92 Å². The maximum Gasteiger partial charge on any atom is 0.152 e. The van der Waals surface area contributed by atoms with Gasteiger partial charge in [0.05, 0.1) is 6.04 Å². The Morgan fingerprint density at radius 1 is 1.21 bits per heavy atom. The van der Waals surface area contributed by atoms with Crippen LogP contribution in [0.15, 0.2) is 0 Å². The highest BCUT2D eigenvalue weighted by atomic mass is 16.1. The van der Waals surface area contributed by atoms with Crippen molar-refractivity contribution in [2.24, 2.45) is 11.8 Å². The monoisotopic (exact) mass is 197 g/mol. The molecule has 0 bridgehead atoms. The molecule has 0 amide bonds. The minimum absolute atomic E-state index is 0.107. The second kappa shape index (κ2) is 5.50. The summed E-state index contributed by atoms with van der Waals surface area (Å²) in [5, 5.41) is 3.20. The molecule has 1 aliphatic rings. The fourth-order valence-electron chi connectivity index (χ4n) is 2.44. The number of likely N-dealkylation sites (N-methyl/N-ethyl adjacent to an activating group) is 1. The number of nitrogens with one attached hydrogen (secondary N) is 1. The van der Waals surface area contributed by atoms with Gasteiger partial charge in [-0.25, -0.2) is 0 Å². The lowest BCUT2D eigenvalue weighted by molar-refractivity contribution is -0.125. The first-order valence-electron chi connectivity index (χ1n) is 5.87. The Morgan fingerprint density at radius 2 is 1.79 bits per heavy atom. The number of Topliss-reactive ketones (excluding diaryl/α,β-unsaturated/α-hetero) is 1. The Balaban J connectivity index is 2.55. The van der Waals surface area contributed by atoms with Gasteiger partial charge in [-0.3, -0.25) is 4.79 Å². The molecular weight excluding hydrogens is 174 g/mol. The van der Waals surface area contributed by atoms with Crippen molar-refractivity contribution in [3.05, 3.63) is 0 Å². The second-order valence-corrected chi connectivity index (χ2v) is 4.72. The van der Waals surface area contributed by atoms with Gasteiger partial charge in [0.2, 0.25) is 0 Å². The van der Waals surface area contributed by atoms with E-state index in [9.17, 15) is 4.79 Å². The quantitative estimate of drug-likeness (QED) is 0.749. The van der Waals surface area contributed by atoms with E-state index < -0.39 is 0 Å². The number of hydrogen-bond acceptors (Lipinski definition) is 2. The first kappa shape index (κ1) is 11.7. The molecule has 0 spiro atoms. The van der Waals surface area contributed by atoms with Gasteiger partial charge in [-0.15, -0.1) is 0 Å². The molecule has 0 aliphatic heterocycles. The zero-order chi connectivity index (χ0) is 10.6. The average molecular weight is 197 g/mol. The van der Waals surface area contributed by atoms with Gasteiger partial charge >= 0.3 is 0 Å². The van der Waals surface area contributed by atoms with E-state index in [0.29, 0.717) is 11.7 Å². The third-order valence-electron chi connectivity index (χ3n) is 3.31. The van der Waals surface area contributed by atoms with Gasteiger partial charge in [-0.05, 0) is 25.8 Å². The van der Waals surface area contributed by atoms with Crippen LogP contribution in [0.25, 0.3) is 0 Å². The number of carbonyl (C=O) groups excluding carboxylic acids is 1. The molecule has 0 radical (unpaired) electrons. The Bertz CT molecular complexity index is 183. The van der Waals surface area contributed by atoms with Crippen molar-refractivity contribution in [2.45, 2.75) is 52.0 Å². The van der Waals surface area contributed by atoms with Crippen LogP contribution in [0.2, 0.25) is 0 Å². The van der Waals surface area contributed by atoms with E-state index in [2.05, 4.69) is 5.32 Å². The van der Waals surface area contributed by atoms with Crippen LogP contribution in [-0.2, 0) is 4.79 Å². The van der Waals surface area contributed by atoms with E-state index in [0.717, 1.165) is 0 Å². The van der Waals surface area contributed by atoms with E-state index in [1.807, 2.05) is 20.9 Å². The molecule has 2 heteroatoms. The van der Waals surface area contributed by atoms with Crippen LogP contribution < -0.4 is 5.32 Å². The lowest BCUT2D eigenvalue weighted by Gasteiger charge is -2.30. The van der Waals surface area contributed by atoms with Crippen LogP contribution in [-0.4, -0.2) is 18.9 Å². The fraction of sp³-hybridized carbons (Fsp3) is 0.917. The molecule has 1 unspecified atom stereocenters. The minimum atomic E-state index is 0.107. The average Bonchev–Trinajstić information content (AvgIpc) is 2.20. The molecule has 14 heavy (non-hydrogen) atoms. The maximum atomic E-state index is 11.9. The normalized spacial score (nSPS) is 21.1. The molecule has 1 rings (SSSR count). The summed E-state index contributed by atoms with van der Waals surface area (Å²) in [5.74, 6) is 1.14. The fourth-order valence-corrected chi connectivity index (χ4v) is 2.44. The number of ketones is 1. The summed E-state index contributed by atoms with van der Waals surface area (Å²) in [6.45, 7) is 3.99. The predicted molar refractivity (Wildman–Crippen MR) is 59.3 cm³/mol. The van der Waals surface area contributed by atoms with Crippen LogP contribution in [0.3, 0.4) is 0 Å². The smallest absolute Gasteiger partial charge is 0.152 e. The number of rotatable bonds is 4. The van der Waals surface area contributed by atoms with Crippen LogP contribution in [0.4, 0.5) is 0 Å². The van der Waals surface area contributed by atoms with E-state index in [4.69, 9.17) is 0 Å². The van der Waals surface area contributed by atoms with Crippen molar-refractivity contribution in [3.8, 4) is 0 Å². The Hall–Kier alpha value is -0.370. The summed E-state index contributed by atoms with van der Waals surface area (Å²) in [7, 11) is 1.92. The molecule has 0 aromatic carbocycles. The summed E-state index contributed by atoms with van der Waals surface area (Å²) in [6.07, 6.45) is 6.40. The lowest BCUT2D eigenvalue weighted by Crippen LogP contribution is -2.43. The Labute approximate surface area is 87.5 Å². The molecule has 1 atom stereocenters. The highest BCUT2D eigenvalue weighted by Crippen LogP contribution is 2.27. The molecule has 0 saturated heterocycles. The topological polar surface area (TPSA) is 29.1 Å². The first-order chi connectivity index (χ1) is 6.66. The first-order valence-corrected chi connectivity index (χ1v) is 5.87. The molecule has 1 saturated carbocycles. The molecule has 1 fully saturated rings. The highest BCUT2D eigenvalue weighted by Gasteiger charge is 2.29. The van der Waals surface area contributed by atoms with Crippen LogP contribution >= 0.6 is 0 Å². The van der Waals surface area contributed by atoms with E-state index in [-0.39, 0.29) is 12.0 Å². The Morgan fingerprint density at radius 3 is 2.21 bits per heavy atom. The van der Waals surface area contributed by atoms with E-state index in [1.54, 1.807) is 0 Å². The van der Waals surface area contributed by atoms with E-state index in [1.165, 1.54) is 32.1 Å². The molecule has 82 valence electrons. The summed E-state index contributed by atoms with van der Waals surface area (Å²) in [6, 6.07) is 0.107. The summed E-state index contributed by atoms with van der Waals surface area (Å²) < 4.78 is 0. The summed E-state index contributed by atoms with van der Waals surface area (Å²) in [4.78, 5) is 11.9. The molecule has 1 aliphatic carbocycles. The van der Waals surface area contributed by atoms with Gasteiger partial charge < -0.3 is 5.32 Å². The third-order valence-corrected chi connectivity index (χ3v) is 3.31. The molecule has 1 N–H and O–H groups in total. The third kappa shape index (κ3) is 2.81.